The summed E-state index contributed by atoms with van der Waals surface area (Å²) < 4.78 is 28.9. The summed E-state index contributed by atoms with van der Waals surface area (Å²) >= 11 is 1.54. The van der Waals surface area contributed by atoms with Crippen LogP contribution in [-0.4, -0.2) is 71.7 Å². The molecule has 3 fully saturated rings. The number of carbonyl (C=O) groups excluding carboxylic acids is 1. The zero-order chi connectivity index (χ0) is 15.7. The van der Waals surface area contributed by atoms with E-state index in [1.807, 2.05) is 4.90 Å². The summed E-state index contributed by atoms with van der Waals surface area (Å²) in [6, 6.07) is -0.509. The lowest BCUT2D eigenvalue weighted by atomic mass is 10.0. The summed E-state index contributed by atoms with van der Waals surface area (Å²) in [6.45, 7) is 4.79. The van der Waals surface area contributed by atoms with Gasteiger partial charge in [-0.25, -0.2) is 0 Å². The molecule has 3 aliphatic rings. The van der Waals surface area contributed by atoms with Crippen molar-refractivity contribution in [1.82, 2.24) is 13.5 Å². The minimum atomic E-state index is -3.52. The molecule has 0 aromatic heterocycles. The second-order valence-corrected chi connectivity index (χ2v) is 9.43. The summed E-state index contributed by atoms with van der Waals surface area (Å²) in [4.78, 5) is 14.5. The van der Waals surface area contributed by atoms with Gasteiger partial charge in [0, 0.05) is 31.9 Å². The molecule has 1 amide bonds. The van der Waals surface area contributed by atoms with E-state index in [-0.39, 0.29) is 5.91 Å². The molecule has 22 heavy (non-hydrogen) atoms. The highest BCUT2D eigenvalue weighted by Gasteiger charge is 2.44. The number of hydrogen-bond acceptors (Lipinski definition) is 4. The average molecular weight is 348 g/mol. The SMILES string of the molecule is C[C@H]1CCCN(S(=O)(=O)N2CSC[C@@H]2C(=O)N2CCCC2)C1. The molecule has 0 saturated carbocycles. The molecule has 3 heterocycles. The van der Waals surface area contributed by atoms with E-state index in [1.54, 1.807) is 16.1 Å². The van der Waals surface area contributed by atoms with Crippen LogP contribution in [0.2, 0.25) is 0 Å². The molecule has 0 aromatic carbocycles. The number of amides is 1. The minimum Gasteiger partial charge on any atom is -0.341 e. The fourth-order valence-corrected chi connectivity index (χ4v) is 6.95. The Labute approximate surface area is 137 Å². The fraction of sp³-hybridized carbons (Fsp3) is 0.929. The molecule has 0 bridgehead atoms. The fourth-order valence-electron chi connectivity index (χ4n) is 3.50. The molecule has 6 nitrogen and oxygen atoms in total. The maximum atomic E-state index is 12.9. The predicted molar refractivity (Wildman–Crippen MR) is 87.7 cm³/mol. The van der Waals surface area contributed by atoms with Gasteiger partial charge in [-0.3, -0.25) is 4.79 Å². The maximum absolute atomic E-state index is 12.9. The van der Waals surface area contributed by atoms with Gasteiger partial charge in [0.15, 0.2) is 0 Å². The Morgan fingerprint density at radius 3 is 2.55 bits per heavy atom. The average Bonchev–Trinajstić information content (AvgIpc) is 3.18. The Hall–Kier alpha value is -0.310. The Balaban J connectivity index is 1.75. The van der Waals surface area contributed by atoms with Crippen LogP contribution in [0, 0.1) is 5.92 Å². The molecular formula is C14H25N3O3S2. The summed E-state index contributed by atoms with van der Waals surface area (Å²) in [6.07, 6.45) is 4.05. The predicted octanol–water partition coefficient (Wildman–Crippen LogP) is 0.960. The van der Waals surface area contributed by atoms with Crippen molar-refractivity contribution in [2.75, 3.05) is 37.8 Å². The van der Waals surface area contributed by atoms with E-state index < -0.39 is 16.3 Å². The van der Waals surface area contributed by atoms with Gasteiger partial charge in [-0.2, -0.15) is 17.0 Å². The highest BCUT2D eigenvalue weighted by atomic mass is 32.2. The third-order valence-corrected chi connectivity index (χ3v) is 7.92. The quantitative estimate of drug-likeness (QED) is 0.763. The lowest BCUT2D eigenvalue weighted by molar-refractivity contribution is -0.133. The number of thioether (sulfide) groups is 1. The first-order valence-corrected chi connectivity index (χ1v) is 10.7. The zero-order valence-electron chi connectivity index (χ0n) is 13.1. The van der Waals surface area contributed by atoms with Crippen molar-refractivity contribution in [2.24, 2.45) is 5.92 Å². The monoisotopic (exact) mass is 347 g/mol. The highest BCUT2D eigenvalue weighted by molar-refractivity contribution is 8.00. The van der Waals surface area contributed by atoms with Crippen LogP contribution in [0.1, 0.15) is 32.6 Å². The number of piperidine rings is 1. The standard InChI is InChI=1S/C14H25N3O3S2/c1-12-5-4-8-16(9-12)22(19,20)17-11-21-10-13(17)14(18)15-6-2-3-7-15/h12-13H,2-11H2,1H3/t12-,13+/m0/s1. The minimum absolute atomic E-state index is 0.00358. The molecule has 3 aliphatic heterocycles. The summed E-state index contributed by atoms with van der Waals surface area (Å²) in [7, 11) is -3.52. The van der Waals surface area contributed by atoms with Crippen LogP contribution in [0.5, 0.6) is 0 Å². The van der Waals surface area contributed by atoms with Gasteiger partial charge in [-0.1, -0.05) is 6.92 Å². The van der Waals surface area contributed by atoms with Crippen LogP contribution in [0.3, 0.4) is 0 Å². The molecule has 0 radical (unpaired) electrons. The zero-order valence-corrected chi connectivity index (χ0v) is 14.7. The number of rotatable bonds is 3. The molecule has 3 saturated heterocycles. The lowest BCUT2D eigenvalue weighted by Gasteiger charge is -2.35. The third-order valence-electron chi connectivity index (χ3n) is 4.79. The number of carbonyl (C=O) groups is 1. The van der Waals surface area contributed by atoms with Crippen molar-refractivity contribution in [3.8, 4) is 0 Å². The van der Waals surface area contributed by atoms with Crippen LogP contribution >= 0.6 is 11.8 Å². The van der Waals surface area contributed by atoms with E-state index in [1.165, 1.54) is 4.31 Å². The second-order valence-electron chi connectivity index (χ2n) is 6.55. The molecular weight excluding hydrogens is 322 g/mol. The topological polar surface area (TPSA) is 60.9 Å². The largest absolute Gasteiger partial charge is 0.341 e. The molecule has 2 atom stereocenters. The summed E-state index contributed by atoms with van der Waals surface area (Å²) in [5, 5.41) is 0. The summed E-state index contributed by atoms with van der Waals surface area (Å²) in [5.41, 5.74) is 0. The second kappa shape index (κ2) is 6.67. The van der Waals surface area contributed by atoms with Crippen LogP contribution in [0.15, 0.2) is 0 Å². The van der Waals surface area contributed by atoms with Crippen LogP contribution in [-0.2, 0) is 15.0 Å². The van der Waals surface area contributed by atoms with Gasteiger partial charge in [-0.15, -0.1) is 11.8 Å². The molecule has 0 unspecified atom stereocenters. The number of hydrogen-bond donors (Lipinski definition) is 0. The molecule has 0 aliphatic carbocycles. The summed E-state index contributed by atoms with van der Waals surface area (Å²) in [5.74, 6) is 1.37. The van der Waals surface area contributed by atoms with Gasteiger partial charge in [-0.05, 0) is 31.6 Å². The van der Waals surface area contributed by atoms with Crippen molar-refractivity contribution >= 4 is 27.9 Å². The van der Waals surface area contributed by atoms with Crippen molar-refractivity contribution in [3.05, 3.63) is 0 Å². The van der Waals surface area contributed by atoms with Crippen LogP contribution in [0.4, 0.5) is 0 Å². The van der Waals surface area contributed by atoms with Crippen LogP contribution in [0.25, 0.3) is 0 Å². The maximum Gasteiger partial charge on any atom is 0.283 e. The van der Waals surface area contributed by atoms with E-state index in [4.69, 9.17) is 0 Å². The first kappa shape index (κ1) is 16.5. The van der Waals surface area contributed by atoms with Gasteiger partial charge in [0.1, 0.15) is 6.04 Å². The molecule has 0 N–H and O–H groups in total. The van der Waals surface area contributed by atoms with Crippen molar-refractivity contribution in [2.45, 2.75) is 38.6 Å². The van der Waals surface area contributed by atoms with Gasteiger partial charge < -0.3 is 4.90 Å². The highest BCUT2D eigenvalue weighted by Crippen LogP contribution is 2.30. The molecule has 0 spiro atoms. The van der Waals surface area contributed by atoms with E-state index in [2.05, 4.69) is 6.92 Å². The van der Waals surface area contributed by atoms with Crippen molar-refractivity contribution in [1.29, 1.82) is 0 Å². The van der Waals surface area contributed by atoms with E-state index >= 15 is 0 Å². The van der Waals surface area contributed by atoms with Crippen LogP contribution < -0.4 is 0 Å². The molecule has 8 heteroatoms. The molecule has 126 valence electrons. The normalized spacial score (nSPS) is 31.8. The van der Waals surface area contributed by atoms with Gasteiger partial charge in [0.05, 0.1) is 5.88 Å². The van der Waals surface area contributed by atoms with Gasteiger partial charge in [0.25, 0.3) is 10.2 Å². The number of nitrogens with zero attached hydrogens (tertiary/aromatic N) is 3. The Kier molecular flexibility index (Phi) is 5.01. The van der Waals surface area contributed by atoms with Gasteiger partial charge in [0.2, 0.25) is 5.91 Å². The van der Waals surface area contributed by atoms with Gasteiger partial charge >= 0.3 is 0 Å². The molecule has 3 rings (SSSR count). The number of likely N-dealkylation sites (tertiary alicyclic amines) is 1. The third kappa shape index (κ3) is 3.16. The van der Waals surface area contributed by atoms with E-state index in [0.717, 1.165) is 38.8 Å². The van der Waals surface area contributed by atoms with E-state index in [0.29, 0.717) is 30.6 Å². The Morgan fingerprint density at radius 2 is 1.86 bits per heavy atom. The Bertz CT molecular complexity index is 519. The smallest absolute Gasteiger partial charge is 0.283 e. The van der Waals surface area contributed by atoms with E-state index in [9.17, 15) is 13.2 Å². The first-order chi connectivity index (χ1) is 10.5. The molecule has 0 aromatic rings. The first-order valence-electron chi connectivity index (χ1n) is 8.13. The lowest BCUT2D eigenvalue weighted by Crippen LogP contribution is -2.54. The van der Waals surface area contributed by atoms with Crippen molar-refractivity contribution < 1.29 is 13.2 Å². The van der Waals surface area contributed by atoms with Crippen molar-refractivity contribution in [3.63, 3.8) is 0 Å². The Morgan fingerprint density at radius 1 is 1.14 bits per heavy atom.